The van der Waals surface area contributed by atoms with Crippen LogP contribution in [0.3, 0.4) is 0 Å². The molecule has 0 amide bonds. The molecule has 0 bridgehead atoms. The fourth-order valence-electron chi connectivity index (χ4n) is 0.589. The summed E-state index contributed by atoms with van der Waals surface area (Å²) in [5, 5.41) is 0. The Kier molecular flexibility index (Phi) is 1.58. The fourth-order valence-corrected chi connectivity index (χ4v) is 3.95. The third-order valence-corrected chi connectivity index (χ3v) is 4.93. The molecule has 0 aromatic carbocycles. The van der Waals surface area contributed by atoms with Crippen molar-refractivity contribution in [2.75, 3.05) is 0 Å². The molecule has 1 aliphatic heterocycles. The molecule has 0 atom stereocenters. The molecule has 1 heterocycles. The Labute approximate surface area is 43.4 Å². The normalized spacial score (nSPS) is 19.2. The molecule has 26 valence electrons. The number of hydrogen-bond donors (Lipinski definition) is 0. The van der Waals surface area contributed by atoms with Crippen LogP contribution < -0.4 is 0 Å². The minimum atomic E-state index is 0.0661. The molecular formula is C4H7In. The Morgan fingerprint density at radius 1 is 1.60 bits per heavy atom. The SMILES string of the molecule is [CH]1=[In][CH2]CC1. The van der Waals surface area contributed by atoms with Crippen LogP contribution in [0.25, 0.3) is 0 Å². The quantitative estimate of drug-likeness (QED) is 0.502. The molecule has 0 unspecified atom stereocenters. The van der Waals surface area contributed by atoms with Crippen LogP contribution in [-0.4, -0.2) is 26.2 Å². The van der Waals surface area contributed by atoms with E-state index in [-0.39, 0.29) is 22.4 Å². The van der Waals surface area contributed by atoms with Crippen molar-refractivity contribution in [1.29, 1.82) is 0 Å². The average Bonchev–Trinajstić information content (AvgIpc) is 1.76. The molecule has 0 saturated heterocycles. The van der Waals surface area contributed by atoms with Gasteiger partial charge in [0.1, 0.15) is 0 Å². The van der Waals surface area contributed by atoms with Crippen LogP contribution in [0.4, 0.5) is 0 Å². The van der Waals surface area contributed by atoms with E-state index in [4.69, 9.17) is 0 Å². The van der Waals surface area contributed by atoms with Gasteiger partial charge >= 0.3 is 43.2 Å². The van der Waals surface area contributed by atoms with Crippen molar-refractivity contribution in [3.8, 4) is 0 Å². The Balaban J connectivity index is 2.32. The first kappa shape index (κ1) is 3.91. The molecule has 0 radical (unpaired) electrons. The second kappa shape index (κ2) is 2.01. The van der Waals surface area contributed by atoms with Gasteiger partial charge < -0.3 is 0 Å². The first-order chi connectivity index (χ1) is 2.50. The van der Waals surface area contributed by atoms with Crippen LogP contribution in [-0.2, 0) is 0 Å². The van der Waals surface area contributed by atoms with Gasteiger partial charge in [0.25, 0.3) is 0 Å². The Morgan fingerprint density at radius 2 is 2.60 bits per heavy atom. The summed E-state index contributed by atoms with van der Waals surface area (Å²) in [6.07, 6.45) is 2.99. The van der Waals surface area contributed by atoms with Crippen molar-refractivity contribution in [3.05, 3.63) is 0 Å². The predicted octanol–water partition coefficient (Wildman–Crippen LogP) is 0.705. The summed E-state index contributed by atoms with van der Waals surface area (Å²) in [4.78, 5) is 0. The summed E-state index contributed by atoms with van der Waals surface area (Å²) in [7, 11) is 0. The molecule has 0 saturated carbocycles. The fraction of sp³-hybridized carbons (Fsp3) is 0.750. The van der Waals surface area contributed by atoms with Crippen molar-refractivity contribution in [3.63, 3.8) is 0 Å². The maximum atomic E-state index is 2.55. The van der Waals surface area contributed by atoms with Gasteiger partial charge in [0, 0.05) is 0 Å². The summed E-state index contributed by atoms with van der Waals surface area (Å²) >= 11 is 0.0661. The average molecular weight is 170 g/mol. The van der Waals surface area contributed by atoms with Crippen molar-refractivity contribution in [1.82, 2.24) is 0 Å². The van der Waals surface area contributed by atoms with Gasteiger partial charge in [0.05, 0.1) is 0 Å². The van der Waals surface area contributed by atoms with Gasteiger partial charge in [-0.3, -0.25) is 0 Å². The molecule has 5 heavy (non-hydrogen) atoms. The van der Waals surface area contributed by atoms with E-state index < -0.39 is 0 Å². The zero-order chi connectivity index (χ0) is 3.54. The molecule has 0 aliphatic carbocycles. The Morgan fingerprint density at radius 3 is 2.80 bits per heavy atom. The summed E-state index contributed by atoms with van der Waals surface area (Å²) in [6, 6.07) is 0. The van der Waals surface area contributed by atoms with Gasteiger partial charge in [-0.05, 0) is 0 Å². The zero-order valence-corrected chi connectivity index (χ0v) is 6.57. The van der Waals surface area contributed by atoms with Gasteiger partial charge in [0.2, 0.25) is 0 Å². The van der Waals surface area contributed by atoms with Crippen LogP contribution in [0.2, 0.25) is 4.18 Å². The first-order valence-electron chi connectivity index (χ1n) is 2.15. The van der Waals surface area contributed by atoms with E-state index >= 15 is 0 Å². The molecule has 0 aromatic heterocycles. The van der Waals surface area contributed by atoms with Gasteiger partial charge in [-0.2, -0.15) is 0 Å². The van der Waals surface area contributed by atoms with E-state index in [0.29, 0.717) is 0 Å². The van der Waals surface area contributed by atoms with Gasteiger partial charge in [-0.15, -0.1) is 0 Å². The third-order valence-electron chi connectivity index (χ3n) is 0.908. The molecule has 0 aromatic rings. The predicted molar refractivity (Wildman–Crippen MR) is 25.9 cm³/mol. The first-order valence-corrected chi connectivity index (χ1v) is 6.38. The molecule has 0 nitrogen and oxygen atoms in total. The maximum absolute atomic E-state index is 2.55. The van der Waals surface area contributed by atoms with Crippen LogP contribution >= 0.6 is 0 Å². The monoisotopic (exact) mass is 170 g/mol. The van der Waals surface area contributed by atoms with Crippen LogP contribution in [0, 0.1) is 0 Å². The zero-order valence-electron chi connectivity index (χ0n) is 3.28. The molecular weight excluding hydrogens is 163 g/mol. The van der Waals surface area contributed by atoms with E-state index in [2.05, 4.69) is 3.76 Å². The third kappa shape index (κ3) is 1.08. The topological polar surface area (TPSA) is 0 Å². The van der Waals surface area contributed by atoms with Crippen LogP contribution in [0.15, 0.2) is 0 Å². The molecule has 1 heteroatoms. The minimum absolute atomic E-state index is 0.0661. The standard InChI is InChI=1S/C4H7.In/c1-3-4-2;/h1H,2-4H2;. The second-order valence-corrected chi connectivity index (χ2v) is 5.74. The van der Waals surface area contributed by atoms with Gasteiger partial charge in [-0.1, -0.05) is 0 Å². The second-order valence-electron chi connectivity index (χ2n) is 1.40. The number of hydrogen-bond acceptors (Lipinski definition) is 0. The summed E-state index contributed by atoms with van der Waals surface area (Å²) in [5.74, 6) is 0. The number of rotatable bonds is 0. The molecule has 0 spiro atoms. The Bertz CT molecular complexity index is 41.6. The molecule has 0 N–H and O–H groups in total. The van der Waals surface area contributed by atoms with Crippen molar-refractivity contribution in [2.45, 2.75) is 17.0 Å². The van der Waals surface area contributed by atoms with E-state index in [1.165, 1.54) is 12.8 Å². The molecule has 1 aliphatic rings. The van der Waals surface area contributed by atoms with Crippen molar-refractivity contribution in [2.24, 2.45) is 0 Å². The van der Waals surface area contributed by atoms with Crippen molar-refractivity contribution < 1.29 is 0 Å². The van der Waals surface area contributed by atoms with Gasteiger partial charge in [0.15, 0.2) is 0 Å². The van der Waals surface area contributed by atoms with E-state index in [9.17, 15) is 0 Å². The Hall–Kier alpha value is 0.740. The summed E-state index contributed by atoms with van der Waals surface area (Å²) in [6.45, 7) is 0. The van der Waals surface area contributed by atoms with Crippen LogP contribution in [0.5, 0.6) is 0 Å². The molecule has 0 fully saturated rings. The van der Waals surface area contributed by atoms with Gasteiger partial charge in [-0.25, -0.2) is 0 Å². The van der Waals surface area contributed by atoms with Crippen LogP contribution in [0.1, 0.15) is 12.8 Å². The van der Waals surface area contributed by atoms with E-state index in [0.717, 1.165) is 0 Å². The summed E-state index contributed by atoms with van der Waals surface area (Å²) < 4.78 is 4.19. The molecule has 1 rings (SSSR count). The summed E-state index contributed by atoms with van der Waals surface area (Å²) in [5.41, 5.74) is 0. The van der Waals surface area contributed by atoms with E-state index in [1.54, 1.807) is 4.18 Å². The van der Waals surface area contributed by atoms with E-state index in [1.807, 2.05) is 0 Å². The van der Waals surface area contributed by atoms with Crippen molar-refractivity contribution >= 4 is 26.2 Å².